The fraction of sp³-hybridized carbons (Fsp3) is 0.538. The summed E-state index contributed by atoms with van der Waals surface area (Å²) in [7, 11) is -0.260. The summed E-state index contributed by atoms with van der Waals surface area (Å²) in [4.78, 5) is 0.328. The van der Waals surface area contributed by atoms with E-state index in [0.717, 1.165) is 12.0 Å². The van der Waals surface area contributed by atoms with Gasteiger partial charge in [-0.3, -0.25) is 0 Å². The lowest BCUT2D eigenvalue weighted by atomic mass is 10.1. The monoisotopic (exact) mass is 287 g/mol. The molecule has 1 unspecified atom stereocenters. The van der Waals surface area contributed by atoms with Crippen molar-refractivity contribution in [3.63, 3.8) is 0 Å². The number of hydrogen-bond acceptors (Lipinski definition) is 2. The largest absolute Gasteiger partial charge is 0.242 e. The highest BCUT2D eigenvalue weighted by Gasteiger charge is 2.29. The Labute approximate surface area is 114 Å². The first-order chi connectivity index (χ1) is 8.41. The third-order valence-electron chi connectivity index (χ3n) is 3.27. The lowest BCUT2D eigenvalue weighted by molar-refractivity contribution is 0.520. The third-order valence-corrected chi connectivity index (χ3v) is 5.61. The van der Waals surface area contributed by atoms with Crippen LogP contribution in [0.15, 0.2) is 29.2 Å². The van der Waals surface area contributed by atoms with Crippen LogP contribution in [-0.2, 0) is 16.4 Å². The summed E-state index contributed by atoms with van der Waals surface area (Å²) in [6.07, 6.45) is 3.26. The predicted octanol–water partition coefficient (Wildman–Crippen LogP) is 2.50. The molecule has 0 aromatic heterocycles. The van der Waals surface area contributed by atoms with E-state index in [-0.39, 0.29) is 5.38 Å². The molecule has 1 fully saturated rings. The van der Waals surface area contributed by atoms with E-state index in [0.29, 0.717) is 10.8 Å². The van der Waals surface area contributed by atoms with Gasteiger partial charge in [-0.05, 0) is 42.9 Å². The van der Waals surface area contributed by atoms with Crippen molar-refractivity contribution in [2.75, 3.05) is 14.1 Å². The molecule has 1 aromatic rings. The van der Waals surface area contributed by atoms with Gasteiger partial charge in [-0.15, -0.1) is 11.6 Å². The number of alkyl halides is 1. The lowest BCUT2D eigenvalue weighted by Gasteiger charge is -2.12. The molecule has 0 aliphatic heterocycles. The zero-order chi connectivity index (χ0) is 13.3. The number of sulfonamides is 1. The summed E-state index contributed by atoms with van der Waals surface area (Å²) < 4.78 is 25.0. The molecule has 0 saturated heterocycles. The first-order valence-corrected chi connectivity index (χ1v) is 7.94. The van der Waals surface area contributed by atoms with Gasteiger partial charge in [0.25, 0.3) is 0 Å². The van der Waals surface area contributed by atoms with Crippen molar-refractivity contribution in [1.82, 2.24) is 4.31 Å². The van der Waals surface area contributed by atoms with Crippen molar-refractivity contribution < 1.29 is 8.42 Å². The van der Waals surface area contributed by atoms with Crippen molar-refractivity contribution in [2.45, 2.75) is 29.5 Å². The Bertz CT molecular complexity index is 506. The Balaban J connectivity index is 2.10. The van der Waals surface area contributed by atoms with Crippen molar-refractivity contribution in [3.05, 3.63) is 29.8 Å². The topological polar surface area (TPSA) is 37.4 Å². The molecule has 100 valence electrons. The fourth-order valence-corrected chi connectivity index (χ4v) is 3.19. The summed E-state index contributed by atoms with van der Waals surface area (Å²) in [6.45, 7) is 0. The molecule has 0 amide bonds. The first-order valence-electron chi connectivity index (χ1n) is 6.07. The average molecular weight is 288 g/mol. The summed E-state index contributed by atoms with van der Waals surface area (Å²) in [6, 6.07) is 7.02. The van der Waals surface area contributed by atoms with Crippen LogP contribution in [-0.4, -0.2) is 32.2 Å². The normalized spacial score (nSPS) is 18.0. The van der Waals surface area contributed by atoms with Crippen LogP contribution >= 0.6 is 11.6 Å². The summed E-state index contributed by atoms with van der Waals surface area (Å²) >= 11 is 6.27. The van der Waals surface area contributed by atoms with E-state index >= 15 is 0 Å². The Hall–Kier alpha value is -0.580. The summed E-state index contributed by atoms with van der Waals surface area (Å²) in [5.41, 5.74) is 1.10. The zero-order valence-electron chi connectivity index (χ0n) is 10.6. The molecular formula is C13H18ClNO2S. The first kappa shape index (κ1) is 13.8. The van der Waals surface area contributed by atoms with E-state index in [9.17, 15) is 8.42 Å². The Kier molecular flexibility index (Phi) is 3.99. The van der Waals surface area contributed by atoms with Gasteiger partial charge in [0.15, 0.2) is 0 Å². The molecule has 1 aliphatic carbocycles. The number of benzene rings is 1. The summed E-state index contributed by atoms with van der Waals surface area (Å²) in [5.74, 6) is 0.650. The maximum absolute atomic E-state index is 11.9. The van der Waals surface area contributed by atoms with Crippen LogP contribution in [0.5, 0.6) is 0 Å². The van der Waals surface area contributed by atoms with Crippen LogP contribution in [0, 0.1) is 5.92 Å². The van der Waals surface area contributed by atoms with E-state index in [1.165, 1.54) is 31.2 Å². The van der Waals surface area contributed by atoms with Crippen LogP contribution in [0.3, 0.4) is 0 Å². The van der Waals surface area contributed by atoms with Gasteiger partial charge in [0.1, 0.15) is 0 Å². The molecule has 5 heteroatoms. The molecule has 0 bridgehead atoms. The molecule has 2 rings (SSSR count). The molecule has 0 spiro atoms. The van der Waals surface area contributed by atoms with Crippen LogP contribution in [0.25, 0.3) is 0 Å². The predicted molar refractivity (Wildman–Crippen MR) is 73.4 cm³/mol. The Morgan fingerprint density at radius 2 is 1.83 bits per heavy atom. The molecule has 0 radical (unpaired) electrons. The van der Waals surface area contributed by atoms with Gasteiger partial charge in [0.05, 0.1) is 4.90 Å². The number of nitrogens with zero attached hydrogens (tertiary/aromatic N) is 1. The van der Waals surface area contributed by atoms with Crippen LogP contribution < -0.4 is 0 Å². The van der Waals surface area contributed by atoms with E-state index in [4.69, 9.17) is 11.6 Å². The van der Waals surface area contributed by atoms with E-state index in [2.05, 4.69) is 0 Å². The van der Waals surface area contributed by atoms with E-state index in [1.54, 1.807) is 12.1 Å². The number of halogens is 1. The number of hydrogen-bond donors (Lipinski definition) is 0. The SMILES string of the molecule is CN(C)S(=O)(=O)c1ccc(CC(Cl)C2CC2)cc1. The van der Waals surface area contributed by atoms with E-state index in [1.807, 2.05) is 12.1 Å². The van der Waals surface area contributed by atoms with Gasteiger partial charge in [-0.1, -0.05) is 12.1 Å². The zero-order valence-corrected chi connectivity index (χ0v) is 12.2. The lowest BCUT2D eigenvalue weighted by Crippen LogP contribution is -2.22. The smallest absolute Gasteiger partial charge is 0.207 e. The minimum atomic E-state index is -3.33. The summed E-state index contributed by atoms with van der Waals surface area (Å²) in [5, 5.41) is 0.182. The van der Waals surface area contributed by atoms with Crippen molar-refractivity contribution in [3.8, 4) is 0 Å². The molecule has 0 N–H and O–H groups in total. The van der Waals surface area contributed by atoms with Crippen molar-refractivity contribution in [2.24, 2.45) is 5.92 Å². The van der Waals surface area contributed by atoms with Gasteiger partial charge in [0, 0.05) is 19.5 Å². The minimum absolute atomic E-state index is 0.182. The van der Waals surface area contributed by atoms with Crippen LogP contribution in [0.1, 0.15) is 18.4 Å². The second-order valence-corrected chi connectivity index (χ2v) is 7.70. The molecular weight excluding hydrogens is 270 g/mol. The highest BCUT2D eigenvalue weighted by atomic mass is 35.5. The molecule has 18 heavy (non-hydrogen) atoms. The van der Waals surface area contributed by atoms with Gasteiger partial charge < -0.3 is 0 Å². The molecule has 1 aliphatic rings. The third kappa shape index (κ3) is 3.05. The van der Waals surface area contributed by atoms with Crippen molar-refractivity contribution in [1.29, 1.82) is 0 Å². The molecule has 1 atom stereocenters. The van der Waals surface area contributed by atoms with Gasteiger partial charge >= 0.3 is 0 Å². The molecule has 3 nitrogen and oxygen atoms in total. The molecule has 1 aromatic carbocycles. The average Bonchev–Trinajstić information content (AvgIpc) is 3.13. The second-order valence-electron chi connectivity index (χ2n) is 4.99. The highest BCUT2D eigenvalue weighted by molar-refractivity contribution is 7.89. The van der Waals surface area contributed by atoms with E-state index < -0.39 is 10.0 Å². The number of rotatable bonds is 5. The fourth-order valence-electron chi connectivity index (χ4n) is 1.86. The van der Waals surface area contributed by atoms with Crippen LogP contribution in [0.4, 0.5) is 0 Å². The standard InChI is InChI=1S/C13H18ClNO2S/c1-15(2)18(16,17)12-7-3-10(4-8-12)9-13(14)11-5-6-11/h3-4,7-8,11,13H,5-6,9H2,1-2H3. The minimum Gasteiger partial charge on any atom is -0.207 e. The van der Waals surface area contributed by atoms with Gasteiger partial charge in [-0.2, -0.15) is 0 Å². The molecule has 1 saturated carbocycles. The quantitative estimate of drug-likeness (QED) is 0.780. The van der Waals surface area contributed by atoms with Crippen LogP contribution in [0.2, 0.25) is 0 Å². The van der Waals surface area contributed by atoms with Gasteiger partial charge in [0.2, 0.25) is 10.0 Å². The molecule has 0 heterocycles. The Morgan fingerprint density at radius 3 is 2.28 bits per heavy atom. The van der Waals surface area contributed by atoms with Gasteiger partial charge in [-0.25, -0.2) is 12.7 Å². The Morgan fingerprint density at radius 1 is 1.28 bits per heavy atom. The van der Waals surface area contributed by atoms with Crippen molar-refractivity contribution >= 4 is 21.6 Å². The maximum Gasteiger partial charge on any atom is 0.242 e. The highest BCUT2D eigenvalue weighted by Crippen LogP contribution is 2.37. The maximum atomic E-state index is 11.9. The second kappa shape index (κ2) is 5.19.